The second kappa shape index (κ2) is 7.88. The van der Waals surface area contributed by atoms with E-state index in [1.807, 2.05) is 54.6 Å². The molecule has 1 fully saturated rings. The van der Waals surface area contributed by atoms with Gasteiger partial charge in [0.05, 0.1) is 12.4 Å². The van der Waals surface area contributed by atoms with E-state index < -0.39 is 6.09 Å². The number of amides is 1. The molecule has 2 aliphatic heterocycles. The molecule has 30 heavy (non-hydrogen) atoms. The number of anilines is 2. The standard InChI is InChI=1S/C20H21N7O2S/c1-13-10-17(25-24-13)23-19-12-26(11-18-21-8-9-27(18)19)30-16-6-2-14(3-7-16)22-20(28)29-15-4-5-15/h2-3,6-10,12,15H,4-5,11H2,1H3,(H,22,28)(H2,23,24,25)/q+1. The molecular weight excluding hydrogens is 402 g/mol. The molecule has 0 bridgehead atoms. The van der Waals surface area contributed by atoms with Gasteiger partial charge in [0.25, 0.3) is 11.7 Å². The van der Waals surface area contributed by atoms with Crippen LogP contribution in [0.3, 0.4) is 0 Å². The van der Waals surface area contributed by atoms with Gasteiger partial charge in [0.15, 0.2) is 12.0 Å². The Balaban J connectivity index is 1.25. The molecule has 3 aliphatic rings. The monoisotopic (exact) mass is 423 g/mol. The van der Waals surface area contributed by atoms with Crippen molar-refractivity contribution in [1.29, 1.82) is 0 Å². The van der Waals surface area contributed by atoms with E-state index in [2.05, 4.69) is 30.1 Å². The lowest BCUT2D eigenvalue weighted by Crippen LogP contribution is -2.42. The summed E-state index contributed by atoms with van der Waals surface area (Å²) < 4.78 is 7.32. The summed E-state index contributed by atoms with van der Waals surface area (Å²) in [6.07, 6.45) is 7.36. The van der Waals surface area contributed by atoms with E-state index >= 15 is 0 Å². The maximum absolute atomic E-state index is 11.8. The number of hydrogen-bond acceptors (Lipinski definition) is 8. The molecule has 3 N–H and O–H groups in total. The first-order valence-corrected chi connectivity index (χ1v) is 10.5. The molecule has 1 aliphatic carbocycles. The number of nitrogens with zero attached hydrogens (tertiary/aromatic N) is 4. The number of rotatable bonds is 6. The molecule has 1 saturated carbocycles. The zero-order valence-corrected chi connectivity index (χ0v) is 17.1. The molecule has 2 aromatic rings. The number of benzene rings is 1. The molecule has 0 spiro atoms. The molecule has 0 atom stereocenters. The highest BCUT2D eigenvalue weighted by Crippen LogP contribution is 2.29. The van der Waals surface area contributed by atoms with Crippen molar-refractivity contribution in [1.82, 2.24) is 19.4 Å². The number of ether oxygens (including phenoxy) is 1. The van der Waals surface area contributed by atoms with Crippen molar-refractivity contribution >= 4 is 35.4 Å². The number of nitrogens with one attached hydrogen (secondary N) is 3. The van der Waals surface area contributed by atoms with Crippen LogP contribution in [0.4, 0.5) is 16.3 Å². The van der Waals surface area contributed by atoms with Crippen molar-refractivity contribution in [3.8, 4) is 0 Å². The molecule has 5 rings (SSSR count). The Morgan fingerprint density at radius 3 is 2.90 bits per heavy atom. The minimum absolute atomic E-state index is 0.0893. The van der Waals surface area contributed by atoms with Gasteiger partial charge in [0.1, 0.15) is 12.6 Å². The lowest BCUT2D eigenvalue weighted by atomic mass is 10.3. The normalized spacial score (nSPS) is 18.0. The predicted octanol–water partition coefficient (Wildman–Crippen LogP) is 3.69. The fourth-order valence-electron chi connectivity index (χ4n) is 3.04. The fourth-order valence-corrected chi connectivity index (χ4v) is 3.90. The van der Waals surface area contributed by atoms with Crippen molar-refractivity contribution in [2.75, 3.05) is 17.2 Å². The van der Waals surface area contributed by atoms with Gasteiger partial charge in [0.2, 0.25) is 0 Å². The maximum atomic E-state index is 11.8. The Hall–Kier alpha value is -3.24. The third-order valence-electron chi connectivity index (χ3n) is 4.62. The summed E-state index contributed by atoms with van der Waals surface area (Å²) in [5, 5.41) is 13.3. The number of aryl methyl sites for hydroxylation is 1. The van der Waals surface area contributed by atoms with Crippen LogP contribution in [0.1, 0.15) is 18.5 Å². The van der Waals surface area contributed by atoms with E-state index in [0.29, 0.717) is 12.2 Å². The summed E-state index contributed by atoms with van der Waals surface area (Å²) in [7, 11) is 0. The smallest absolute Gasteiger partial charge is 0.411 e. The van der Waals surface area contributed by atoms with Gasteiger partial charge < -0.3 is 4.74 Å². The Bertz CT molecular complexity index is 1040. The van der Waals surface area contributed by atoms with E-state index in [1.54, 1.807) is 18.1 Å². The van der Waals surface area contributed by atoms with Gasteiger partial charge in [-0.3, -0.25) is 20.0 Å². The number of aromatic nitrogens is 2. The summed E-state index contributed by atoms with van der Waals surface area (Å²) in [5.41, 5.74) is 1.70. The fraction of sp³-hybridized carbons (Fsp3) is 0.250. The van der Waals surface area contributed by atoms with Gasteiger partial charge in [0, 0.05) is 22.3 Å². The summed E-state index contributed by atoms with van der Waals surface area (Å²) in [4.78, 5) is 19.3. The van der Waals surface area contributed by atoms with Crippen LogP contribution < -0.4 is 15.5 Å². The Kier molecular flexibility index (Phi) is 4.93. The number of aliphatic imine (C=N–C) groups is 1. The quantitative estimate of drug-likeness (QED) is 0.484. The minimum Gasteiger partial charge on any atom is -0.446 e. The largest absolute Gasteiger partial charge is 0.446 e. The van der Waals surface area contributed by atoms with E-state index in [1.165, 1.54) is 0 Å². The first-order valence-electron chi connectivity index (χ1n) is 9.68. The van der Waals surface area contributed by atoms with E-state index in [9.17, 15) is 4.79 Å². The Labute approximate surface area is 178 Å². The topological polar surface area (TPSA) is 101 Å². The number of carbonyl (C=O) groups excluding carboxylic acids is 1. The average molecular weight is 424 g/mol. The number of amidine groups is 1. The summed E-state index contributed by atoms with van der Waals surface area (Å²) >= 11 is 1.59. The third kappa shape index (κ3) is 4.34. The van der Waals surface area contributed by atoms with Crippen LogP contribution in [-0.4, -0.2) is 39.1 Å². The number of fused-ring (bicyclic) bond motifs is 1. The van der Waals surface area contributed by atoms with Crippen molar-refractivity contribution in [2.45, 2.75) is 30.8 Å². The Morgan fingerprint density at radius 1 is 1.33 bits per heavy atom. The van der Waals surface area contributed by atoms with Gasteiger partial charge in [-0.2, -0.15) is 10.1 Å². The molecule has 10 heteroatoms. The van der Waals surface area contributed by atoms with Crippen molar-refractivity contribution in [3.05, 3.63) is 60.4 Å². The zero-order valence-electron chi connectivity index (χ0n) is 16.3. The SMILES string of the molecule is Cc1cc(NC2=CN(Sc3ccc(NC(=O)OC4CC4)cc3)CC3=NC=C[N+]23)n[nH]1. The first-order chi connectivity index (χ1) is 14.6. The highest BCUT2D eigenvalue weighted by Gasteiger charge is 2.37. The molecule has 1 amide bonds. The highest BCUT2D eigenvalue weighted by atomic mass is 32.2. The van der Waals surface area contributed by atoms with Gasteiger partial charge >= 0.3 is 6.09 Å². The average Bonchev–Trinajstić information content (AvgIpc) is 3.22. The van der Waals surface area contributed by atoms with Crippen LogP contribution in [-0.2, 0) is 4.74 Å². The summed E-state index contributed by atoms with van der Waals surface area (Å²) in [6, 6.07) is 9.63. The lowest BCUT2D eigenvalue weighted by Gasteiger charge is -2.24. The van der Waals surface area contributed by atoms with Crippen LogP contribution in [0.2, 0.25) is 0 Å². The second-order valence-corrected chi connectivity index (χ2v) is 8.33. The number of carbonyl (C=O) groups is 1. The molecule has 1 aromatic heterocycles. The lowest BCUT2D eigenvalue weighted by molar-refractivity contribution is 0.154. The molecule has 0 saturated heterocycles. The Morgan fingerprint density at radius 2 is 2.17 bits per heavy atom. The zero-order chi connectivity index (χ0) is 20.5. The van der Waals surface area contributed by atoms with E-state index in [-0.39, 0.29) is 6.10 Å². The molecular formula is C20H21N7O2S+. The third-order valence-corrected chi connectivity index (χ3v) is 5.58. The number of hydrogen-bond donors (Lipinski definition) is 3. The van der Waals surface area contributed by atoms with Crippen molar-refractivity contribution < 1.29 is 9.53 Å². The first kappa shape index (κ1) is 18.8. The molecule has 1 aromatic carbocycles. The predicted molar refractivity (Wildman–Crippen MR) is 116 cm³/mol. The molecule has 9 nitrogen and oxygen atoms in total. The van der Waals surface area contributed by atoms with Crippen molar-refractivity contribution in [2.24, 2.45) is 4.99 Å². The van der Waals surface area contributed by atoms with Crippen LogP contribution in [0.15, 0.2) is 64.6 Å². The van der Waals surface area contributed by atoms with E-state index in [0.717, 1.165) is 40.9 Å². The molecule has 0 unspecified atom stereocenters. The van der Waals surface area contributed by atoms with Crippen LogP contribution in [0.5, 0.6) is 0 Å². The van der Waals surface area contributed by atoms with Gasteiger partial charge in [-0.1, -0.05) is 0 Å². The van der Waals surface area contributed by atoms with Gasteiger partial charge in [-0.05, 0) is 60.9 Å². The van der Waals surface area contributed by atoms with E-state index in [4.69, 9.17) is 4.74 Å². The second-order valence-electron chi connectivity index (χ2n) is 7.21. The summed E-state index contributed by atoms with van der Waals surface area (Å²) in [6.45, 7) is 2.62. The maximum Gasteiger partial charge on any atom is 0.411 e. The van der Waals surface area contributed by atoms with Gasteiger partial charge in [-0.25, -0.2) is 4.79 Å². The molecule has 1 radical (unpaired) electrons. The number of aromatic amines is 1. The van der Waals surface area contributed by atoms with Crippen LogP contribution >= 0.6 is 11.9 Å². The highest BCUT2D eigenvalue weighted by molar-refractivity contribution is 7.97. The van der Waals surface area contributed by atoms with Crippen LogP contribution in [0, 0.1) is 6.92 Å². The number of H-pyrrole nitrogens is 1. The minimum atomic E-state index is -0.395. The van der Waals surface area contributed by atoms with Crippen molar-refractivity contribution in [3.63, 3.8) is 0 Å². The van der Waals surface area contributed by atoms with Crippen LogP contribution in [0.25, 0.3) is 0 Å². The molecule has 3 heterocycles. The molecule has 153 valence electrons. The summed E-state index contributed by atoms with van der Waals surface area (Å²) in [5.74, 6) is 2.55. The van der Waals surface area contributed by atoms with Gasteiger partial charge in [-0.15, -0.1) is 0 Å².